The second-order valence-electron chi connectivity index (χ2n) is 5.28. The summed E-state index contributed by atoms with van der Waals surface area (Å²) in [5.41, 5.74) is 0.762. The average molecular weight is 363 g/mol. The number of rotatable bonds is 5. The molecule has 2 aromatic rings. The molecule has 0 aliphatic heterocycles. The lowest BCUT2D eigenvalue weighted by Gasteiger charge is -2.14. The molecule has 0 bridgehead atoms. The molecular formula is C17H15ClN2O5. The van der Waals surface area contributed by atoms with Crippen LogP contribution in [0.15, 0.2) is 42.5 Å². The number of benzene rings is 2. The number of nitro benzene ring substituents is 1. The second-order valence-corrected chi connectivity index (χ2v) is 5.68. The van der Waals surface area contributed by atoms with E-state index in [0.717, 1.165) is 0 Å². The van der Waals surface area contributed by atoms with Crippen LogP contribution in [0.3, 0.4) is 0 Å². The smallest absolute Gasteiger partial charge is 0.338 e. The van der Waals surface area contributed by atoms with E-state index in [0.29, 0.717) is 16.3 Å². The van der Waals surface area contributed by atoms with E-state index in [1.165, 1.54) is 32.0 Å². The molecule has 0 unspecified atom stereocenters. The van der Waals surface area contributed by atoms with E-state index in [4.69, 9.17) is 16.3 Å². The van der Waals surface area contributed by atoms with Gasteiger partial charge in [-0.05, 0) is 38.1 Å². The third-order valence-electron chi connectivity index (χ3n) is 3.41. The van der Waals surface area contributed by atoms with Crippen LogP contribution in [0.5, 0.6) is 0 Å². The fourth-order valence-corrected chi connectivity index (χ4v) is 2.25. The van der Waals surface area contributed by atoms with Crippen LogP contribution in [0.2, 0.25) is 5.02 Å². The monoisotopic (exact) mass is 362 g/mol. The van der Waals surface area contributed by atoms with Crippen LogP contribution in [0, 0.1) is 17.0 Å². The van der Waals surface area contributed by atoms with Crippen molar-refractivity contribution in [1.29, 1.82) is 0 Å². The molecule has 2 aromatic carbocycles. The Kier molecular flexibility index (Phi) is 5.71. The predicted molar refractivity (Wildman–Crippen MR) is 92.8 cm³/mol. The summed E-state index contributed by atoms with van der Waals surface area (Å²) in [4.78, 5) is 34.5. The second kappa shape index (κ2) is 7.76. The van der Waals surface area contributed by atoms with Gasteiger partial charge in [0.2, 0.25) is 0 Å². The molecule has 8 heteroatoms. The van der Waals surface area contributed by atoms with Crippen molar-refractivity contribution in [3.05, 3.63) is 68.7 Å². The van der Waals surface area contributed by atoms with Crippen LogP contribution in [-0.4, -0.2) is 22.9 Å². The molecule has 0 saturated carbocycles. The molecule has 0 saturated heterocycles. The van der Waals surface area contributed by atoms with Gasteiger partial charge in [0.15, 0.2) is 6.10 Å². The van der Waals surface area contributed by atoms with Crippen LogP contribution in [0.25, 0.3) is 0 Å². The van der Waals surface area contributed by atoms with Gasteiger partial charge >= 0.3 is 5.97 Å². The van der Waals surface area contributed by atoms with Gasteiger partial charge in [0.05, 0.1) is 21.2 Å². The van der Waals surface area contributed by atoms with E-state index in [1.54, 1.807) is 24.3 Å². The fraction of sp³-hybridized carbons (Fsp3) is 0.176. The van der Waals surface area contributed by atoms with Crippen LogP contribution < -0.4 is 5.32 Å². The highest BCUT2D eigenvalue weighted by Gasteiger charge is 2.21. The van der Waals surface area contributed by atoms with Crippen LogP contribution >= 0.6 is 11.6 Å². The van der Waals surface area contributed by atoms with E-state index in [9.17, 15) is 19.7 Å². The van der Waals surface area contributed by atoms with Crippen LogP contribution in [0.4, 0.5) is 11.4 Å². The predicted octanol–water partition coefficient (Wildman–Crippen LogP) is 3.74. The summed E-state index contributed by atoms with van der Waals surface area (Å²) in [5, 5.41) is 13.7. The summed E-state index contributed by atoms with van der Waals surface area (Å²) < 4.78 is 5.10. The number of nitrogens with zero attached hydrogens (tertiary/aromatic N) is 1. The molecule has 0 spiro atoms. The summed E-state index contributed by atoms with van der Waals surface area (Å²) in [6.45, 7) is 2.94. The minimum atomic E-state index is -1.07. The molecule has 7 nitrogen and oxygen atoms in total. The SMILES string of the molecule is Cc1cc(C(=O)O[C@@H](C)C(=O)Nc2ccccc2Cl)ccc1[N+](=O)[O-]. The molecule has 1 atom stereocenters. The number of carbonyl (C=O) groups excluding carboxylic acids is 2. The number of para-hydroxylation sites is 1. The Labute approximate surface area is 148 Å². The first kappa shape index (κ1) is 18.4. The van der Waals surface area contributed by atoms with Gasteiger partial charge < -0.3 is 10.1 Å². The van der Waals surface area contributed by atoms with Gasteiger partial charge in [0.1, 0.15) is 0 Å². The normalized spacial score (nSPS) is 11.5. The molecule has 2 rings (SSSR count). The summed E-state index contributed by atoms with van der Waals surface area (Å²) in [5.74, 6) is -1.29. The Morgan fingerprint density at radius 3 is 2.52 bits per heavy atom. The number of anilines is 1. The van der Waals surface area contributed by atoms with Crippen molar-refractivity contribution in [2.24, 2.45) is 0 Å². The number of amides is 1. The average Bonchev–Trinajstić information content (AvgIpc) is 2.56. The van der Waals surface area contributed by atoms with Crippen molar-refractivity contribution in [3.63, 3.8) is 0 Å². The Bertz CT molecular complexity index is 838. The first-order chi connectivity index (χ1) is 11.8. The zero-order valence-corrected chi connectivity index (χ0v) is 14.2. The van der Waals surface area contributed by atoms with Crippen LogP contribution in [-0.2, 0) is 9.53 Å². The lowest BCUT2D eigenvalue weighted by Crippen LogP contribution is -2.30. The molecule has 0 aliphatic rings. The van der Waals surface area contributed by atoms with Gasteiger partial charge in [0.25, 0.3) is 11.6 Å². The summed E-state index contributed by atoms with van der Waals surface area (Å²) in [7, 11) is 0. The number of aryl methyl sites for hydroxylation is 1. The number of nitro groups is 1. The summed E-state index contributed by atoms with van der Waals surface area (Å²) >= 11 is 5.95. The summed E-state index contributed by atoms with van der Waals surface area (Å²) in [6.07, 6.45) is -1.07. The molecule has 0 radical (unpaired) electrons. The first-order valence-electron chi connectivity index (χ1n) is 7.31. The molecular weight excluding hydrogens is 348 g/mol. The lowest BCUT2D eigenvalue weighted by molar-refractivity contribution is -0.385. The molecule has 0 heterocycles. The van der Waals surface area contributed by atoms with Crippen molar-refractivity contribution in [2.45, 2.75) is 20.0 Å². The van der Waals surface area contributed by atoms with E-state index < -0.39 is 22.9 Å². The van der Waals surface area contributed by atoms with Gasteiger partial charge in [-0.15, -0.1) is 0 Å². The number of carbonyl (C=O) groups is 2. The topological polar surface area (TPSA) is 98.5 Å². The zero-order chi connectivity index (χ0) is 18.6. The van der Waals surface area contributed by atoms with E-state index in [-0.39, 0.29) is 11.3 Å². The van der Waals surface area contributed by atoms with E-state index in [2.05, 4.69) is 5.32 Å². The maximum Gasteiger partial charge on any atom is 0.338 e. The number of esters is 1. The Morgan fingerprint density at radius 1 is 1.24 bits per heavy atom. The summed E-state index contributed by atoms with van der Waals surface area (Å²) in [6, 6.07) is 10.5. The molecule has 130 valence electrons. The fourth-order valence-electron chi connectivity index (χ4n) is 2.07. The van der Waals surface area contributed by atoms with E-state index >= 15 is 0 Å². The number of nitrogens with one attached hydrogen (secondary N) is 1. The number of ether oxygens (including phenoxy) is 1. The highest BCUT2D eigenvalue weighted by molar-refractivity contribution is 6.33. The molecule has 0 fully saturated rings. The van der Waals surface area contributed by atoms with Gasteiger partial charge in [-0.3, -0.25) is 14.9 Å². The van der Waals surface area contributed by atoms with Crippen molar-refractivity contribution in [3.8, 4) is 0 Å². The molecule has 25 heavy (non-hydrogen) atoms. The largest absolute Gasteiger partial charge is 0.449 e. The third kappa shape index (κ3) is 4.54. The minimum Gasteiger partial charge on any atom is -0.449 e. The van der Waals surface area contributed by atoms with Crippen molar-refractivity contribution < 1.29 is 19.2 Å². The van der Waals surface area contributed by atoms with Gasteiger partial charge in [-0.25, -0.2) is 4.79 Å². The standard InChI is InChI=1S/C17H15ClN2O5/c1-10-9-12(7-8-15(10)20(23)24)17(22)25-11(2)16(21)19-14-6-4-3-5-13(14)18/h3-9,11H,1-2H3,(H,19,21)/t11-/m0/s1. The van der Waals surface area contributed by atoms with Crippen molar-refractivity contribution in [2.75, 3.05) is 5.32 Å². The maximum atomic E-state index is 12.1. The Balaban J connectivity index is 2.04. The quantitative estimate of drug-likeness (QED) is 0.496. The maximum absolute atomic E-state index is 12.1. The number of hydrogen-bond acceptors (Lipinski definition) is 5. The number of hydrogen-bond donors (Lipinski definition) is 1. The Morgan fingerprint density at radius 2 is 1.92 bits per heavy atom. The molecule has 0 aromatic heterocycles. The van der Waals surface area contributed by atoms with Crippen LogP contribution in [0.1, 0.15) is 22.8 Å². The zero-order valence-electron chi connectivity index (χ0n) is 13.5. The number of halogens is 1. The molecule has 1 N–H and O–H groups in total. The highest BCUT2D eigenvalue weighted by Crippen LogP contribution is 2.22. The molecule has 1 amide bonds. The lowest BCUT2D eigenvalue weighted by atomic mass is 10.1. The van der Waals surface area contributed by atoms with Crippen molar-refractivity contribution in [1.82, 2.24) is 0 Å². The molecule has 0 aliphatic carbocycles. The first-order valence-corrected chi connectivity index (χ1v) is 7.69. The van der Waals surface area contributed by atoms with Gasteiger partial charge in [-0.1, -0.05) is 23.7 Å². The van der Waals surface area contributed by atoms with Crippen molar-refractivity contribution >= 4 is 34.9 Å². The Hall–Kier alpha value is -2.93. The van der Waals surface area contributed by atoms with Gasteiger partial charge in [0, 0.05) is 11.6 Å². The van der Waals surface area contributed by atoms with E-state index in [1.807, 2.05) is 0 Å². The third-order valence-corrected chi connectivity index (χ3v) is 3.74. The highest BCUT2D eigenvalue weighted by atomic mass is 35.5. The van der Waals surface area contributed by atoms with Gasteiger partial charge in [-0.2, -0.15) is 0 Å². The minimum absolute atomic E-state index is 0.0962.